The van der Waals surface area contributed by atoms with Crippen LogP contribution in [0.5, 0.6) is 17.4 Å². The molecule has 9 nitrogen and oxygen atoms in total. The zero-order chi connectivity index (χ0) is 23.5. The van der Waals surface area contributed by atoms with Crippen molar-refractivity contribution in [1.29, 1.82) is 5.41 Å². The van der Waals surface area contributed by atoms with Crippen LogP contribution < -0.4 is 20.1 Å². The number of rotatable bonds is 6. The van der Waals surface area contributed by atoms with E-state index in [-0.39, 0.29) is 17.6 Å². The summed E-state index contributed by atoms with van der Waals surface area (Å²) in [5.41, 5.74) is 1.11. The van der Waals surface area contributed by atoms with Gasteiger partial charge in [0.15, 0.2) is 0 Å². The van der Waals surface area contributed by atoms with E-state index >= 15 is 0 Å². The van der Waals surface area contributed by atoms with Gasteiger partial charge in [0.2, 0.25) is 5.88 Å². The standard InChI is InChI=1S/C23H27N5O4/c1-23(2)12-16-17(31-20-7-6-14(13-26-20)22(30)28(4)5)10-15(11-18(16)32-23)21(29)27-19(24)8-9-25-3/h6-11,13,25H,12H2,1-5H3,(H2,24,27,29)/b9-8-. The maximum Gasteiger partial charge on any atom is 0.257 e. The number of nitrogens with zero attached hydrogens (tertiary/aromatic N) is 2. The van der Waals surface area contributed by atoms with E-state index in [1.165, 1.54) is 17.2 Å². The minimum atomic E-state index is -0.461. The number of hydrogen-bond donors (Lipinski definition) is 3. The lowest BCUT2D eigenvalue weighted by Gasteiger charge is -2.16. The highest BCUT2D eigenvalue weighted by Crippen LogP contribution is 2.42. The number of hydrogen-bond acceptors (Lipinski definition) is 7. The zero-order valence-electron chi connectivity index (χ0n) is 18.8. The second-order valence-corrected chi connectivity index (χ2v) is 8.17. The predicted molar refractivity (Wildman–Crippen MR) is 121 cm³/mol. The number of amides is 2. The molecule has 2 aromatic rings. The third-order valence-corrected chi connectivity index (χ3v) is 4.69. The molecule has 0 bridgehead atoms. The number of nitrogens with one attached hydrogen (secondary N) is 3. The van der Waals surface area contributed by atoms with E-state index in [4.69, 9.17) is 14.9 Å². The smallest absolute Gasteiger partial charge is 0.257 e. The van der Waals surface area contributed by atoms with Gasteiger partial charge in [0.25, 0.3) is 11.8 Å². The van der Waals surface area contributed by atoms with Crippen LogP contribution in [0, 0.1) is 5.41 Å². The number of pyridine rings is 1. The summed E-state index contributed by atoms with van der Waals surface area (Å²) >= 11 is 0. The van der Waals surface area contributed by atoms with Crippen LogP contribution >= 0.6 is 0 Å². The highest BCUT2D eigenvalue weighted by atomic mass is 16.5. The van der Waals surface area contributed by atoms with Gasteiger partial charge in [-0.3, -0.25) is 15.0 Å². The zero-order valence-corrected chi connectivity index (χ0v) is 18.8. The number of ether oxygens (including phenoxy) is 2. The second-order valence-electron chi connectivity index (χ2n) is 8.17. The summed E-state index contributed by atoms with van der Waals surface area (Å²) in [4.78, 5) is 30.5. The van der Waals surface area contributed by atoms with E-state index in [1.54, 1.807) is 51.6 Å². The van der Waals surface area contributed by atoms with Crippen molar-refractivity contribution >= 4 is 17.6 Å². The minimum absolute atomic E-state index is 0.0589. The first kappa shape index (κ1) is 22.8. The van der Waals surface area contributed by atoms with Gasteiger partial charge in [-0.05, 0) is 44.3 Å². The molecule has 2 heterocycles. The van der Waals surface area contributed by atoms with Crippen molar-refractivity contribution in [3.63, 3.8) is 0 Å². The van der Waals surface area contributed by atoms with Crippen LogP contribution in [0.15, 0.2) is 42.7 Å². The van der Waals surface area contributed by atoms with Gasteiger partial charge in [0.05, 0.1) is 5.56 Å². The van der Waals surface area contributed by atoms with Gasteiger partial charge in [-0.15, -0.1) is 0 Å². The van der Waals surface area contributed by atoms with Crippen molar-refractivity contribution in [1.82, 2.24) is 20.5 Å². The maximum atomic E-state index is 12.7. The Morgan fingerprint density at radius 3 is 2.62 bits per heavy atom. The highest BCUT2D eigenvalue weighted by molar-refractivity contribution is 6.09. The normalized spacial score (nSPS) is 13.8. The second kappa shape index (κ2) is 9.09. The minimum Gasteiger partial charge on any atom is -0.487 e. The van der Waals surface area contributed by atoms with Crippen LogP contribution in [0.25, 0.3) is 0 Å². The Labute approximate surface area is 186 Å². The number of aromatic nitrogens is 1. The molecule has 1 aromatic heterocycles. The van der Waals surface area contributed by atoms with Gasteiger partial charge >= 0.3 is 0 Å². The van der Waals surface area contributed by atoms with Crippen LogP contribution in [0.3, 0.4) is 0 Å². The Morgan fingerprint density at radius 1 is 1.25 bits per heavy atom. The molecule has 0 spiro atoms. The van der Waals surface area contributed by atoms with Crippen molar-refractivity contribution in [2.75, 3.05) is 21.1 Å². The molecule has 1 aliphatic rings. The fourth-order valence-electron chi connectivity index (χ4n) is 3.21. The summed E-state index contributed by atoms with van der Waals surface area (Å²) in [6, 6.07) is 6.49. The van der Waals surface area contributed by atoms with E-state index in [1.807, 2.05) is 13.8 Å². The van der Waals surface area contributed by atoms with E-state index in [2.05, 4.69) is 15.6 Å². The number of amidine groups is 1. The summed E-state index contributed by atoms with van der Waals surface area (Å²) in [6.45, 7) is 3.91. The fourth-order valence-corrected chi connectivity index (χ4v) is 3.21. The number of fused-ring (bicyclic) bond motifs is 1. The Hall–Kier alpha value is -3.88. The molecule has 0 saturated heterocycles. The molecule has 3 rings (SSSR count). The van der Waals surface area contributed by atoms with Gasteiger partial charge in [0, 0.05) is 51.0 Å². The first-order valence-electron chi connectivity index (χ1n) is 10.0. The fraction of sp³-hybridized carbons (Fsp3) is 0.304. The topological polar surface area (TPSA) is 117 Å². The molecule has 32 heavy (non-hydrogen) atoms. The monoisotopic (exact) mass is 437 g/mol. The van der Waals surface area contributed by atoms with Crippen molar-refractivity contribution in [2.24, 2.45) is 0 Å². The molecule has 0 atom stereocenters. The Bertz CT molecular complexity index is 1070. The largest absolute Gasteiger partial charge is 0.487 e. The number of benzene rings is 1. The van der Waals surface area contributed by atoms with E-state index < -0.39 is 11.5 Å². The molecule has 0 fully saturated rings. The van der Waals surface area contributed by atoms with E-state index in [0.29, 0.717) is 29.0 Å². The van der Waals surface area contributed by atoms with Crippen LogP contribution in [0.1, 0.15) is 40.1 Å². The molecular formula is C23H27N5O4. The quantitative estimate of drug-likeness (QED) is 0.473. The van der Waals surface area contributed by atoms with Gasteiger partial charge in [-0.25, -0.2) is 4.98 Å². The van der Waals surface area contributed by atoms with Crippen LogP contribution in [0.4, 0.5) is 0 Å². The van der Waals surface area contributed by atoms with Gasteiger partial charge in [0.1, 0.15) is 22.9 Å². The number of carbonyl (C=O) groups is 2. The Morgan fingerprint density at radius 2 is 2.00 bits per heavy atom. The van der Waals surface area contributed by atoms with Crippen molar-refractivity contribution < 1.29 is 19.1 Å². The first-order valence-corrected chi connectivity index (χ1v) is 10.0. The summed E-state index contributed by atoms with van der Waals surface area (Å²) in [5.74, 6) is 0.597. The van der Waals surface area contributed by atoms with Crippen LogP contribution in [0.2, 0.25) is 0 Å². The van der Waals surface area contributed by atoms with Crippen molar-refractivity contribution in [2.45, 2.75) is 25.9 Å². The van der Waals surface area contributed by atoms with E-state index in [0.717, 1.165) is 5.56 Å². The first-order chi connectivity index (χ1) is 15.1. The predicted octanol–water partition coefficient (Wildman–Crippen LogP) is 2.73. The Kier molecular flexibility index (Phi) is 6.47. The molecule has 0 saturated carbocycles. The average molecular weight is 438 g/mol. The summed E-state index contributed by atoms with van der Waals surface area (Å²) < 4.78 is 12.0. The summed E-state index contributed by atoms with van der Waals surface area (Å²) in [7, 11) is 5.04. The summed E-state index contributed by atoms with van der Waals surface area (Å²) in [5, 5.41) is 13.1. The molecule has 0 unspecified atom stereocenters. The molecular weight excluding hydrogens is 410 g/mol. The van der Waals surface area contributed by atoms with Gasteiger partial charge < -0.3 is 25.0 Å². The molecule has 2 amide bonds. The van der Waals surface area contributed by atoms with Crippen LogP contribution in [-0.2, 0) is 6.42 Å². The lowest BCUT2D eigenvalue weighted by Crippen LogP contribution is -2.28. The van der Waals surface area contributed by atoms with Crippen molar-refractivity contribution in [3.8, 4) is 17.4 Å². The summed E-state index contributed by atoms with van der Waals surface area (Å²) in [6.07, 6.45) is 5.02. The van der Waals surface area contributed by atoms with E-state index in [9.17, 15) is 9.59 Å². The molecule has 168 valence electrons. The average Bonchev–Trinajstić information content (AvgIpc) is 3.06. The highest BCUT2D eigenvalue weighted by Gasteiger charge is 2.34. The van der Waals surface area contributed by atoms with Gasteiger partial charge in [-0.2, -0.15) is 0 Å². The lowest BCUT2D eigenvalue weighted by atomic mass is 9.99. The molecule has 3 N–H and O–H groups in total. The third-order valence-electron chi connectivity index (χ3n) is 4.69. The molecule has 0 aliphatic carbocycles. The molecule has 9 heteroatoms. The van der Waals surface area contributed by atoms with Gasteiger partial charge in [-0.1, -0.05) is 0 Å². The number of carbonyl (C=O) groups excluding carboxylic acids is 2. The molecule has 1 aromatic carbocycles. The molecule has 0 radical (unpaired) electrons. The van der Waals surface area contributed by atoms with Crippen molar-refractivity contribution in [3.05, 3.63) is 59.4 Å². The van der Waals surface area contributed by atoms with Crippen LogP contribution in [-0.4, -0.2) is 54.3 Å². The maximum absolute atomic E-state index is 12.7. The Balaban J connectivity index is 1.90. The third kappa shape index (κ3) is 5.23. The molecule has 1 aliphatic heterocycles. The SMILES string of the molecule is CN/C=C\C(=N)NC(=O)c1cc(Oc2ccc(C(=O)N(C)C)cn2)c2c(c1)OC(C)(C)C2. The lowest BCUT2D eigenvalue weighted by molar-refractivity contribution is 0.0826.